The number of aliphatic hydroxyl groups is 1. The van der Waals surface area contributed by atoms with Crippen molar-refractivity contribution in [2.45, 2.75) is 26.8 Å². The van der Waals surface area contributed by atoms with Crippen molar-refractivity contribution in [3.05, 3.63) is 92.5 Å². The Morgan fingerprint density at radius 2 is 1.75 bits per heavy atom. The number of aliphatic hydroxyl groups excluding tert-OH is 1. The van der Waals surface area contributed by atoms with Gasteiger partial charge in [-0.05, 0) is 79.4 Å². The van der Waals surface area contributed by atoms with Gasteiger partial charge in [-0.3, -0.25) is 14.5 Å². The average Bonchev–Trinajstić information content (AvgIpc) is 3.38. The van der Waals surface area contributed by atoms with E-state index >= 15 is 0 Å². The van der Waals surface area contributed by atoms with Gasteiger partial charge in [-0.15, -0.1) is 0 Å². The fourth-order valence-corrected chi connectivity index (χ4v) is 6.07. The molecule has 5 rings (SSSR count). The molecule has 1 N–H and O–H groups in total. The highest BCUT2D eigenvalue weighted by Crippen LogP contribution is 2.45. The molecule has 0 unspecified atom stereocenters. The zero-order valence-corrected chi connectivity index (χ0v) is 22.5. The van der Waals surface area contributed by atoms with Crippen molar-refractivity contribution in [3.63, 3.8) is 0 Å². The molecule has 2 heterocycles. The Kier molecular flexibility index (Phi) is 6.18. The lowest BCUT2D eigenvalue weighted by Gasteiger charge is -2.23. The van der Waals surface area contributed by atoms with Gasteiger partial charge in [0.05, 0.1) is 28.9 Å². The Labute approximate surface area is 221 Å². The number of nitrogens with zero attached hydrogens (tertiary/aromatic N) is 2. The minimum Gasteiger partial charge on any atom is -0.507 e. The van der Waals surface area contributed by atoms with Crippen LogP contribution in [-0.2, 0) is 9.59 Å². The summed E-state index contributed by atoms with van der Waals surface area (Å²) in [6.07, 6.45) is 0. The van der Waals surface area contributed by atoms with Crippen molar-refractivity contribution in [2.24, 2.45) is 0 Å². The number of fused-ring (bicyclic) bond motifs is 1. The second kappa shape index (κ2) is 9.19. The molecule has 0 aliphatic carbocycles. The van der Waals surface area contributed by atoms with Gasteiger partial charge >= 0.3 is 5.91 Å². The van der Waals surface area contributed by atoms with Crippen LogP contribution < -0.4 is 9.64 Å². The topological polar surface area (TPSA) is 79.7 Å². The molecule has 0 bridgehead atoms. The van der Waals surface area contributed by atoms with Crippen LogP contribution in [0, 0.1) is 20.8 Å². The molecule has 3 aromatic carbocycles. The predicted octanol–water partition coefficient (Wildman–Crippen LogP) is 6.62. The van der Waals surface area contributed by atoms with Crippen LogP contribution in [0.15, 0.2) is 64.6 Å². The highest BCUT2D eigenvalue weighted by Gasteiger charge is 2.48. The number of rotatable bonds is 4. The first-order valence-electron chi connectivity index (χ1n) is 11.3. The molecule has 182 valence electrons. The van der Waals surface area contributed by atoms with Crippen molar-refractivity contribution in [1.29, 1.82) is 0 Å². The number of ketones is 1. The van der Waals surface area contributed by atoms with E-state index in [0.717, 1.165) is 31.4 Å². The fraction of sp³-hybridized carbons (Fsp3) is 0.179. The first kappa shape index (κ1) is 24.2. The number of thiazole rings is 1. The summed E-state index contributed by atoms with van der Waals surface area (Å²) in [7, 11) is 1.57. The van der Waals surface area contributed by atoms with Gasteiger partial charge in [0.15, 0.2) is 5.13 Å². The molecule has 0 spiro atoms. The molecule has 0 radical (unpaired) electrons. The van der Waals surface area contributed by atoms with Gasteiger partial charge in [0.1, 0.15) is 11.5 Å². The summed E-state index contributed by atoms with van der Waals surface area (Å²) in [6.45, 7) is 5.84. The highest BCUT2D eigenvalue weighted by atomic mass is 79.9. The van der Waals surface area contributed by atoms with Crippen LogP contribution >= 0.6 is 27.3 Å². The number of aromatic nitrogens is 1. The van der Waals surface area contributed by atoms with Crippen molar-refractivity contribution < 1.29 is 19.4 Å². The van der Waals surface area contributed by atoms with Crippen LogP contribution in [0.4, 0.5) is 5.13 Å². The number of benzene rings is 3. The van der Waals surface area contributed by atoms with Gasteiger partial charge < -0.3 is 9.84 Å². The fourth-order valence-electron chi connectivity index (χ4n) is 4.63. The Bertz CT molecular complexity index is 1570. The largest absolute Gasteiger partial charge is 0.507 e. The lowest BCUT2D eigenvalue weighted by Crippen LogP contribution is -2.29. The third-order valence-corrected chi connectivity index (χ3v) is 7.85. The number of amides is 1. The molecule has 1 aliphatic rings. The standard InChI is InChI=1S/C28H23BrN2O4S/c1-14-11-16(3)23-21(12-14)36-28(30-23)31-24(17-5-8-19(29)9-6-17)22(26(33)27(31)34)25(32)18-7-10-20(35-4)15(2)13-18/h5-13,24,32H,1-4H3/t24-/m0/s1. The average molecular weight is 563 g/mol. The minimum absolute atomic E-state index is 0.0269. The van der Waals surface area contributed by atoms with E-state index in [1.165, 1.54) is 16.2 Å². The molecule has 1 aromatic heterocycles. The van der Waals surface area contributed by atoms with Crippen LogP contribution in [0.25, 0.3) is 16.0 Å². The van der Waals surface area contributed by atoms with Crippen LogP contribution in [0.2, 0.25) is 0 Å². The van der Waals surface area contributed by atoms with E-state index in [-0.39, 0.29) is 11.3 Å². The molecule has 8 heteroatoms. The number of anilines is 1. The van der Waals surface area contributed by atoms with Gasteiger partial charge in [0.2, 0.25) is 0 Å². The molecular weight excluding hydrogens is 540 g/mol. The van der Waals surface area contributed by atoms with E-state index in [0.29, 0.717) is 22.0 Å². The van der Waals surface area contributed by atoms with Crippen molar-refractivity contribution in [3.8, 4) is 5.75 Å². The summed E-state index contributed by atoms with van der Waals surface area (Å²) >= 11 is 4.81. The molecule has 1 fully saturated rings. The Morgan fingerprint density at radius 3 is 2.42 bits per heavy atom. The summed E-state index contributed by atoms with van der Waals surface area (Å²) in [6, 6.07) is 15.7. The number of aryl methyl sites for hydroxylation is 3. The minimum atomic E-state index is -0.831. The lowest BCUT2D eigenvalue weighted by molar-refractivity contribution is -0.132. The first-order valence-corrected chi connectivity index (χ1v) is 12.9. The normalized spacial score (nSPS) is 17.2. The summed E-state index contributed by atoms with van der Waals surface area (Å²) in [5, 5.41) is 11.8. The van der Waals surface area contributed by atoms with E-state index in [1.54, 1.807) is 25.3 Å². The second-order valence-electron chi connectivity index (χ2n) is 8.83. The van der Waals surface area contributed by atoms with Gasteiger partial charge in [-0.25, -0.2) is 4.98 Å². The van der Waals surface area contributed by atoms with Gasteiger partial charge in [0.25, 0.3) is 5.78 Å². The van der Waals surface area contributed by atoms with Crippen LogP contribution in [0.5, 0.6) is 5.75 Å². The number of carbonyl (C=O) groups excluding carboxylic acids is 2. The zero-order chi connectivity index (χ0) is 25.7. The number of carbonyl (C=O) groups is 2. The number of halogens is 1. The van der Waals surface area contributed by atoms with E-state index in [2.05, 4.69) is 15.9 Å². The maximum atomic E-state index is 13.5. The Hall–Kier alpha value is -3.49. The van der Waals surface area contributed by atoms with Crippen molar-refractivity contribution in [1.82, 2.24) is 4.98 Å². The smallest absolute Gasteiger partial charge is 0.301 e. The molecule has 1 saturated heterocycles. The monoisotopic (exact) mass is 562 g/mol. The quantitative estimate of drug-likeness (QED) is 0.172. The maximum absolute atomic E-state index is 13.5. The third-order valence-electron chi connectivity index (χ3n) is 6.32. The number of hydrogen-bond donors (Lipinski definition) is 1. The van der Waals surface area contributed by atoms with E-state index in [4.69, 9.17) is 9.72 Å². The van der Waals surface area contributed by atoms with Crippen LogP contribution in [0.3, 0.4) is 0 Å². The van der Waals surface area contributed by atoms with E-state index in [9.17, 15) is 14.7 Å². The summed E-state index contributed by atoms with van der Waals surface area (Å²) in [5.74, 6) is -1.04. The Balaban J connectivity index is 1.73. The molecule has 1 atom stereocenters. The van der Waals surface area contributed by atoms with Gasteiger partial charge in [0, 0.05) is 10.0 Å². The zero-order valence-electron chi connectivity index (χ0n) is 20.1. The molecule has 0 saturated carbocycles. The van der Waals surface area contributed by atoms with E-state index < -0.39 is 17.7 Å². The van der Waals surface area contributed by atoms with Crippen molar-refractivity contribution >= 4 is 60.1 Å². The molecule has 1 amide bonds. The number of ether oxygens (including phenoxy) is 1. The molecular formula is C28H23BrN2O4S. The van der Waals surface area contributed by atoms with Crippen molar-refractivity contribution in [2.75, 3.05) is 12.0 Å². The molecule has 1 aliphatic heterocycles. The first-order chi connectivity index (χ1) is 17.2. The summed E-state index contributed by atoms with van der Waals surface area (Å²) in [4.78, 5) is 33.1. The molecule has 6 nitrogen and oxygen atoms in total. The molecule has 36 heavy (non-hydrogen) atoms. The number of methoxy groups -OCH3 is 1. The molecule has 4 aromatic rings. The lowest BCUT2D eigenvalue weighted by atomic mass is 9.95. The maximum Gasteiger partial charge on any atom is 0.301 e. The van der Waals surface area contributed by atoms with Gasteiger partial charge in [-0.2, -0.15) is 0 Å². The number of Topliss-reactive ketones (excluding diaryl/α,β-unsaturated/α-hetero) is 1. The number of hydrogen-bond acceptors (Lipinski definition) is 6. The highest BCUT2D eigenvalue weighted by molar-refractivity contribution is 9.10. The SMILES string of the molecule is COc1ccc(C(O)=C2C(=O)C(=O)N(c3nc4c(C)cc(C)cc4s3)[C@H]2c2ccc(Br)cc2)cc1C. The summed E-state index contributed by atoms with van der Waals surface area (Å²) in [5.41, 5.74) is 4.84. The Morgan fingerprint density at radius 1 is 1.03 bits per heavy atom. The van der Waals surface area contributed by atoms with Gasteiger partial charge in [-0.1, -0.05) is 45.5 Å². The second-order valence-corrected chi connectivity index (χ2v) is 10.8. The predicted molar refractivity (Wildman–Crippen MR) is 146 cm³/mol. The van der Waals surface area contributed by atoms with Crippen LogP contribution in [0.1, 0.15) is 33.9 Å². The van der Waals surface area contributed by atoms with E-state index in [1.807, 2.05) is 57.2 Å². The summed E-state index contributed by atoms with van der Waals surface area (Å²) < 4.78 is 7.12. The third kappa shape index (κ3) is 4.00. The van der Waals surface area contributed by atoms with Crippen LogP contribution in [-0.4, -0.2) is 28.9 Å².